The molecule has 7 aromatic rings. The van der Waals surface area contributed by atoms with Crippen LogP contribution in [0.5, 0.6) is 0 Å². The lowest BCUT2D eigenvalue weighted by molar-refractivity contribution is -0.383. The van der Waals surface area contributed by atoms with E-state index in [0.717, 1.165) is 44.5 Å². The summed E-state index contributed by atoms with van der Waals surface area (Å²) >= 11 is 0. The number of rotatable bonds is 5. The first-order chi connectivity index (χ1) is 29.2. The third kappa shape index (κ3) is 5.20. The summed E-state index contributed by atoms with van der Waals surface area (Å²) in [5, 5.41) is 15.8. The number of benzene rings is 7. The zero-order valence-corrected chi connectivity index (χ0v) is 30.1. The lowest BCUT2D eigenvalue weighted by Crippen LogP contribution is -2.34. The summed E-state index contributed by atoms with van der Waals surface area (Å²) in [5.41, 5.74) is 8.72. The summed E-state index contributed by atoms with van der Waals surface area (Å²) in [6.45, 7) is 0.891. The quantitative estimate of drug-likeness (QED) is 0.143. The first kappa shape index (κ1) is 25.7. The zero-order chi connectivity index (χ0) is 44.1. The average molecular weight is 711 g/mol. The van der Waals surface area contributed by atoms with Gasteiger partial charge in [-0.25, -0.2) is 0 Å². The Morgan fingerprint density at radius 3 is 1.85 bits per heavy atom. The first-order valence-corrected chi connectivity index (χ1v) is 18.0. The van der Waals surface area contributed by atoms with Gasteiger partial charge >= 0.3 is 0 Å². The number of hydrogen-bond acceptors (Lipinski definition) is 3. The van der Waals surface area contributed by atoms with Crippen LogP contribution in [0.4, 0.5) is 17.1 Å². The monoisotopic (exact) mass is 710 g/mol. The highest BCUT2D eigenvalue weighted by Crippen LogP contribution is 2.60. The van der Waals surface area contributed by atoms with Crippen LogP contribution >= 0.6 is 0 Å². The second kappa shape index (κ2) is 12.4. The second-order valence-electron chi connectivity index (χ2n) is 15.2. The van der Waals surface area contributed by atoms with E-state index in [4.69, 9.17) is 8.22 Å². The fourth-order valence-corrected chi connectivity index (χ4v) is 8.48. The van der Waals surface area contributed by atoms with Crippen molar-refractivity contribution in [3.8, 4) is 33.4 Å². The molecule has 0 atom stereocenters. The molecule has 0 heterocycles. The van der Waals surface area contributed by atoms with Crippen molar-refractivity contribution in [2.75, 3.05) is 5.32 Å². The predicted molar refractivity (Wildman–Crippen MR) is 222 cm³/mol. The molecule has 7 aromatic carbocycles. The van der Waals surface area contributed by atoms with Gasteiger partial charge in [0.1, 0.15) is 5.69 Å². The Kier molecular flexibility index (Phi) is 5.90. The number of nitrogens with zero attached hydrogens (tertiary/aromatic N) is 1. The lowest BCUT2D eigenvalue weighted by Gasteiger charge is -2.40. The minimum absolute atomic E-state index is 0.141. The van der Waals surface area contributed by atoms with Gasteiger partial charge in [-0.05, 0) is 111 Å². The van der Waals surface area contributed by atoms with Crippen LogP contribution in [-0.2, 0) is 17.2 Å². The van der Waals surface area contributed by atoms with Crippen LogP contribution in [0, 0.1) is 23.8 Å². The van der Waals surface area contributed by atoms with Crippen molar-refractivity contribution in [3.63, 3.8) is 0 Å². The van der Waals surface area contributed by atoms with Crippen LogP contribution in [0.25, 0.3) is 33.4 Å². The largest absolute Gasteiger partial charge is 0.349 e. The highest BCUT2D eigenvalue weighted by Gasteiger charge is 2.49. The van der Waals surface area contributed by atoms with E-state index in [1.54, 1.807) is 18.2 Å². The smallest absolute Gasteiger partial charge is 0.292 e. The van der Waals surface area contributed by atoms with Crippen molar-refractivity contribution in [2.24, 2.45) is 0 Å². The van der Waals surface area contributed by atoms with Crippen LogP contribution in [0.2, 0.25) is 0 Å². The van der Waals surface area contributed by atoms with Crippen LogP contribution in [0.15, 0.2) is 146 Å². The van der Waals surface area contributed by atoms with Gasteiger partial charge in [-0.15, -0.1) is 0 Å². The molecule has 0 aliphatic heterocycles. The van der Waals surface area contributed by atoms with Gasteiger partial charge in [0.2, 0.25) is 0 Å². The molecule has 9 rings (SSSR count). The van der Waals surface area contributed by atoms with E-state index in [2.05, 4.69) is 50.4 Å². The van der Waals surface area contributed by atoms with Crippen molar-refractivity contribution < 1.29 is 15.9 Å². The van der Waals surface area contributed by atoms with Crippen LogP contribution in [-0.4, -0.2) is 4.92 Å². The highest BCUT2D eigenvalue weighted by molar-refractivity contribution is 5.97. The molecule has 0 amide bonds. The summed E-state index contributed by atoms with van der Waals surface area (Å²) in [5.74, 6) is 0. The molecule has 264 valence electrons. The number of nitro benzene ring substituents is 1. The highest BCUT2D eigenvalue weighted by atomic mass is 16.6. The van der Waals surface area contributed by atoms with E-state index in [0.29, 0.717) is 33.5 Å². The number of nitrogens with one attached hydrogen (secondary N) is 1. The molecular weight excluding hydrogens is 661 g/mol. The van der Waals surface area contributed by atoms with Crippen LogP contribution < -0.4 is 5.32 Å². The SMILES string of the molecule is [2H]C([2H])([2H])c1cc(-c2cc(C(C)(C)C)cc(-c3ccc4c(c3)-c3ccccc3C43c4ccccc4C([2H])([2H])c4ccccc43)c2Nc2ccccc2[N+](=O)[O-])cc(C([2H])([2H])[2H])c1. The second-order valence-corrected chi connectivity index (χ2v) is 15.2. The molecule has 0 bridgehead atoms. The van der Waals surface area contributed by atoms with E-state index in [1.807, 2.05) is 78.9 Å². The summed E-state index contributed by atoms with van der Waals surface area (Å²) in [6.07, 6.45) is -1.75. The molecule has 0 aromatic heterocycles. The number of hydrogen-bond donors (Lipinski definition) is 1. The van der Waals surface area contributed by atoms with Gasteiger partial charge in [0.05, 0.1) is 16.0 Å². The number of nitro groups is 1. The predicted octanol–water partition coefficient (Wildman–Crippen LogP) is 12.9. The molecular formula is C50H42N2O2. The maximum Gasteiger partial charge on any atom is 0.292 e. The fourth-order valence-electron chi connectivity index (χ4n) is 8.48. The van der Waals surface area contributed by atoms with E-state index in [9.17, 15) is 12.9 Å². The summed E-state index contributed by atoms with van der Waals surface area (Å²) in [7, 11) is 0. The third-order valence-electron chi connectivity index (χ3n) is 10.9. The van der Waals surface area contributed by atoms with Crippen molar-refractivity contribution in [3.05, 3.63) is 206 Å². The molecule has 0 radical (unpaired) electrons. The van der Waals surface area contributed by atoms with Gasteiger partial charge in [0.25, 0.3) is 5.69 Å². The summed E-state index contributed by atoms with van der Waals surface area (Å²) in [4.78, 5) is 12.0. The zero-order valence-electron chi connectivity index (χ0n) is 38.1. The van der Waals surface area contributed by atoms with Gasteiger partial charge < -0.3 is 5.32 Å². The van der Waals surface area contributed by atoms with Gasteiger partial charge in [0, 0.05) is 28.2 Å². The normalized spacial score (nSPS) is 17.1. The van der Waals surface area contributed by atoms with Crippen LogP contribution in [0.1, 0.15) is 81.8 Å². The topological polar surface area (TPSA) is 55.2 Å². The Morgan fingerprint density at radius 1 is 0.630 bits per heavy atom. The third-order valence-corrected chi connectivity index (χ3v) is 10.9. The Labute approximate surface area is 328 Å². The standard InChI is InChI=1S/C50H42N2O2/c1-31-24-32(2)26-36(25-31)40-30-37(49(3,4)5)29-39(48(40)51-46-20-12-13-21-47(46)52(53)54)33-22-23-45-41(28-33)38-16-8-11-19-44(38)50(45)42-17-9-6-14-34(42)27-35-15-7-10-18-43(35)50/h6-26,28-30,51H,27H2,1-5H3/i1D3,2D3,27D2. The number of fused-ring (bicyclic) bond motifs is 9. The molecule has 4 heteroatoms. The minimum atomic E-state index is -2.63. The molecule has 0 fully saturated rings. The Hall–Kier alpha value is -6.26. The molecule has 0 saturated carbocycles. The fraction of sp³-hybridized carbons (Fsp3) is 0.160. The van der Waals surface area contributed by atoms with Crippen molar-refractivity contribution in [2.45, 2.75) is 51.7 Å². The first-order valence-electron chi connectivity index (χ1n) is 22.0. The molecule has 2 aliphatic rings. The van der Waals surface area contributed by atoms with Gasteiger partial charge in [-0.3, -0.25) is 10.1 Å². The van der Waals surface area contributed by atoms with Gasteiger partial charge in [0.15, 0.2) is 0 Å². The van der Waals surface area contributed by atoms with Crippen molar-refractivity contribution in [1.82, 2.24) is 0 Å². The molecule has 0 saturated heterocycles. The molecule has 0 unspecified atom stereocenters. The maximum absolute atomic E-state index is 12.4. The van der Waals surface area contributed by atoms with E-state index >= 15 is 0 Å². The molecule has 1 N–H and O–H groups in total. The number of para-hydroxylation sites is 2. The maximum atomic E-state index is 12.4. The molecule has 4 nitrogen and oxygen atoms in total. The molecule has 2 aliphatic carbocycles. The minimum Gasteiger partial charge on any atom is -0.349 e. The number of aryl methyl sites for hydroxylation is 2. The van der Waals surface area contributed by atoms with Gasteiger partial charge in [-0.2, -0.15) is 0 Å². The Morgan fingerprint density at radius 2 is 1.20 bits per heavy atom. The van der Waals surface area contributed by atoms with E-state index in [-0.39, 0.29) is 22.5 Å². The molecule has 54 heavy (non-hydrogen) atoms. The van der Waals surface area contributed by atoms with Crippen molar-refractivity contribution in [1.29, 1.82) is 0 Å². The summed E-state index contributed by atoms with van der Waals surface area (Å²) < 4.78 is 68.8. The number of anilines is 2. The average Bonchev–Trinajstić information content (AvgIpc) is 3.52. The van der Waals surface area contributed by atoms with Crippen LogP contribution in [0.3, 0.4) is 0 Å². The van der Waals surface area contributed by atoms with Crippen molar-refractivity contribution >= 4 is 17.1 Å². The van der Waals surface area contributed by atoms with E-state index in [1.165, 1.54) is 24.3 Å². The Bertz CT molecular complexity index is 2900. The van der Waals surface area contributed by atoms with E-state index < -0.39 is 35.8 Å². The molecule has 1 spiro atoms. The lowest BCUT2D eigenvalue weighted by atomic mass is 9.61. The Balaban J connectivity index is 1.38. The van der Waals surface area contributed by atoms with Gasteiger partial charge in [-0.1, -0.05) is 147 Å². The summed E-state index contributed by atoms with van der Waals surface area (Å²) in [6, 6.07) is 44.3.